The topological polar surface area (TPSA) is 17.5 Å². The molecule has 1 saturated heterocycles. The molecule has 1 unspecified atom stereocenters. The van der Waals surface area contributed by atoms with E-state index in [2.05, 4.69) is 41.8 Å². The average molecular weight is 187 g/mol. The first-order valence-electron chi connectivity index (χ1n) is 5.01. The van der Waals surface area contributed by atoms with Gasteiger partial charge in [-0.2, -0.15) is 0 Å². The number of benzene rings is 1. The van der Waals surface area contributed by atoms with Crippen molar-refractivity contribution in [3.8, 4) is 0 Å². The van der Waals surface area contributed by atoms with Gasteiger partial charge in [0.2, 0.25) is 0 Å². The van der Waals surface area contributed by atoms with E-state index in [1.54, 1.807) is 0 Å². The van der Waals surface area contributed by atoms with Gasteiger partial charge in [-0.25, -0.2) is 0 Å². The van der Waals surface area contributed by atoms with Crippen LogP contribution in [0.25, 0.3) is 10.9 Å². The van der Waals surface area contributed by atoms with Gasteiger partial charge in [-0.05, 0) is 24.4 Å². The number of para-hydroxylation sites is 1. The molecule has 1 fully saturated rings. The molecule has 14 heavy (non-hydrogen) atoms. The van der Waals surface area contributed by atoms with E-state index in [-0.39, 0.29) is 0 Å². The van der Waals surface area contributed by atoms with Crippen LogP contribution >= 0.6 is 0 Å². The summed E-state index contributed by atoms with van der Waals surface area (Å²) in [5.74, 6) is 0. The molecule has 2 nitrogen and oxygen atoms in total. The number of aromatic nitrogens is 1. The lowest BCUT2D eigenvalue weighted by Gasteiger charge is -2.04. The van der Waals surface area contributed by atoms with Gasteiger partial charge in [-0.1, -0.05) is 18.2 Å². The molecular formula is C12H13NO. The summed E-state index contributed by atoms with van der Waals surface area (Å²) in [5, 5.41) is 1.32. The van der Waals surface area contributed by atoms with E-state index in [0.717, 1.165) is 13.2 Å². The quantitative estimate of drug-likeness (QED) is 0.660. The zero-order valence-corrected chi connectivity index (χ0v) is 8.23. The van der Waals surface area contributed by atoms with Crippen LogP contribution in [0.1, 0.15) is 5.69 Å². The Bertz CT molecular complexity index is 468. The first-order chi connectivity index (χ1) is 6.84. The minimum atomic E-state index is 0.449. The molecule has 0 N–H and O–H groups in total. The number of aryl methyl sites for hydroxylation is 1. The first kappa shape index (κ1) is 8.06. The Balaban J connectivity index is 2.13. The van der Waals surface area contributed by atoms with Crippen LogP contribution in [0.2, 0.25) is 0 Å². The van der Waals surface area contributed by atoms with Crippen LogP contribution in [-0.2, 0) is 11.3 Å². The lowest BCUT2D eigenvalue weighted by Crippen LogP contribution is -2.04. The molecule has 72 valence electrons. The third kappa shape index (κ3) is 1.23. The van der Waals surface area contributed by atoms with E-state index < -0.39 is 0 Å². The predicted molar refractivity (Wildman–Crippen MR) is 56.4 cm³/mol. The number of epoxide rings is 1. The van der Waals surface area contributed by atoms with Crippen molar-refractivity contribution in [2.24, 2.45) is 0 Å². The van der Waals surface area contributed by atoms with Gasteiger partial charge in [-0.3, -0.25) is 0 Å². The van der Waals surface area contributed by atoms with E-state index in [9.17, 15) is 0 Å². The minimum Gasteiger partial charge on any atom is -0.371 e. The molecule has 0 aliphatic carbocycles. The Kier molecular flexibility index (Phi) is 1.64. The third-order valence-electron chi connectivity index (χ3n) is 2.81. The highest BCUT2D eigenvalue weighted by Gasteiger charge is 2.23. The zero-order valence-electron chi connectivity index (χ0n) is 8.23. The van der Waals surface area contributed by atoms with Crippen LogP contribution < -0.4 is 0 Å². The maximum atomic E-state index is 5.26. The summed E-state index contributed by atoms with van der Waals surface area (Å²) in [6.07, 6.45) is 0.449. The summed E-state index contributed by atoms with van der Waals surface area (Å²) in [6.45, 7) is 4.08. The maximum absolute atomic E-state index is 5.26. The lowest BCUT2D eigenvalue weighted by atomic mass is 10.2. The fraction of sp³-hybridized carbons (Fsp3) is 0.333. The normalized spacial score (nSPS) is 20.2. The van der Waals surface area contributed by atoms with Crippen LogP contribution in [0.3, 0.4) is 0 Å². The van der Waals surface area contributed by atoms with Crippen molar-refractivity contribution >= 4 is 10.9 Å². The first-order valence-corrected chi connectivity index (χ1v) is 5.01. The minimum absolute atomic E-state index is 0.449. The molecule has 0 radical (unpaired) electrons. The third-order valence-corrected chi connectivity index (χ3v) is 2.81. The smallest absolute Gasteiger partial charge is 0.0988 e. The SMILES string of the molecule is Cc1cc2ccccc2n1CC1CO1. The Morgan fingerprint density at radius 2 is 2.21 bits per heavy atom. The van der Waals surface area contributed by atoms with Crippen LogP contribution in [0.4, 0.5) is 0 Å². The monoisotopic (exact) mass is 187 g/mol. The largest absolute Gasteiger partial charge is 0.371 e. The van der Waals surface area contributed by atoms with E-state index in [0.29, 0.717) is 6.10 Å². The number of nitrogens with zero attached hydrogens (tertiary/aromatic N) is 1. The highest BCUT2D eigenvalue weighted by Crippen LogP contribution is 2.22. The predicted octanol–water partition coefficient (Wildman–Crippen LogP) is 2.35. The molecule has 2 heterocycles. The van der Waals surface area contributed by atoms with Crippen LogP contribution in [0.5, 0.6) is 0 Å². The van der Waals surface area contributed by atoms with Gasteiger partial charge in [0.25, 0.3) is 0 Å². The van der Waals surface area contributed by atoms with Crippen molar-refractivity contribution in [1.29, 1.82) is 0 Å². The van der Waals surface area contributed by atoms with Gasteiger partial charge < -0.3 is 9.30 Å². The fourth-order valence-corrected chi connectivity index (χ4v) is 1.97. The number of rotatable bonds is 2. The van der Waals surface area contributed by atoms with E-state index in [1.165, 1.54) is 16.6 Å². The summed E-state index contributed by atoms with van der Waals surface area (Å²) in [4.78, 5) is 0. The average Bonchev–Trinajstić information content (AvgIpc) is 2.93. The molecule has 0 spiro atoms. The molecule has 1 aliphatic heterocycles. The fourth-order valence-electron chi connectivity index (χ4n) is 1.97. The van der Waals surface area contributed by atoms with Crippen LogP contribution in [0, 0.1) is 6.92 Å². The summed E-state index contributed by atoms with van der Waals surface area (Å²) in [7, 11) is 0. The Hall–Kier alpha value is -1.28. The number of fused-ring (bicyclic) bond motifs is 1. The van der Waals surface area contributed by atoms with Crippen molar-refractivity contribution in [2.45, 2.75) is 19.6 Å². The molecule has 1 aliphatic rings. The van der Waals surface area contributed by atoms with Crippen LogP contribution in [0.15, 0.2) is 30.3 Å². The Morgan fingerprint density at radius 3 is 3.00 bits per heavy atom. The molecule has 2 heteroatoms. The zero-order chi connectivity index (χ0) is 9.54. The molecule has 1 aromatic carbocycles. The van der Waals surface area contributed by atoms with E-state index in [4.69, 9.17) is 4.74 Å². The van der Waals surface area contributed by atoms with Crippen molar-refractivity contribution in [3.05, 3.63) is 36.0 Å². The second kappa shape index (κ2) is 2.85. The summed E-state index contributed by atoms with van der Waals surface area (Å²) < 4.78 is 7.61. The second-order valence-corrected chi connectivity index (χ2v) is 3.91. The Morgan fingerprint density at radius 1 is 1.43 bits per heavy atom. The maximum Gasteiger partial charge on any atom is 0.0988 e. The summed E-state index contributed by atoms with van der Waals surface area (Å²) in [6, 6.07) is 10.7. The molecule has 3 rings (SSSR count). The molecule has 1 aromatic heterocycles. The van der Waals surface area contributed by atoms with Crippen molar-refractivity contribution in [3.63, 3.8) is 0 Å². The lowest BCUT2D eigenvalue weighted by molar-refractivity contribution is 0.384. The van der Waals surface area contributed by atoms with Gasteiger partial charge in [0.05, 0.1) is 19.3 Å². The molecular weight excluding hydrogens is 174 g/mol. The van der Waals surface area contributed by atoms with Crippen molar-refractivity contribution < 1.29 is 4.74 Å². The summed E-state index contributed by atoms with van der Waals surface area (Å²) >= 11 is 0. The van der Waals surface area contributed by atoms with Gasteiger partial charge >= 0.3 is 0 Å². The molecule has 0 saturated carbocycles. The van der Waals surface area contributed by atoms with Gasteiger partial charge in [-0.15, -0.1) is 0 Å². The highest BCUT2D eigenvalue weighted by molar-refractivity contribution is 5.81. The van der Waals surface area contributed by atoms with E-state index >= 15 is 0 Å². The number of hydrogen-bond donors (Lipinski definition) is 0. The van der Waals surface area contributed by atoms with Gasteiger partial charge in [0.15, 0.2) is 0 Å². The number of hydrogen-bond acceptors (Lipinski definition) is 1. The highest BCUT2D eigenvalue weighted by atomic mass is 16.6. The van der Waals surface area contributed by atoms with Crippen molar-refractivity contribution in [1.82, 2.24) is 4.57 Å². The standard InChI is InChI=1S/C12H13NO/c1-9-6-10-4-2-3-5-12(10)13(9)7-11-8-14-11/h2-6,11H,7-8H2,1H3. The summed E-state index contributed by atoms with van der Waals surface area (Å²) in [5.41, 5.74) is 2.64. The molecule has 0 bridgehead atoms. The van der Waals surface area contributed by atoms with Crippen molar-refractivity contribution in [2.75, 3.05) is 6.61 Å². The van der Waals surface area contributed by atoms with E-state index in [1.807, 2.05) is 0 Å². The Labute approximate surface area is 83.1 Å². The molecule has 1 atom stereocenters. The second-order valence-electron chi connectivity index (χ2n) is 3.91. The molecule has 0 amide bonds. The van der Waals surface area contributed by atoms with Gasteiger partial charge in [0, 0.05) is 11.2 Å². The van der Waals surface area contributed by atoms with Gasteiger partial charge in [0.1, 0.15) is 0 Å². The number of ether oxygens (including phenoxy) is 1. The van der Waals surface area contributed by atoms with Crippen LogP contribution in [-0.4, -0.2) is 17.3 Å². The molecule has 2 aromatic rings.